The number of halogens is 1. The monoisotopic (exact) mass is 512 g/mol. The Hall–Kier alpha value is -4.47. The Kier molecular flexibility index (Phi) is 8.29. The zero-order chi connectivity index (χ0) is 26.2. The quantitative estimate of drug-likeness (QED) is 0.192. The maximum atomic E-state index is 12.7. The summed E-state index contributed by atoms with van der Waals surface area (Å²) in [5.41, 5.74) is 1.99. The van der Waals surface area contributed by atoms with E-state index in [9.17, 15) is 10.1 Å². The van der Waals surface area contributed by atoms with Gasteiger partial charge in [-0.3, -0.25) is 4.79 Å². The summed E-state index contributed by atoms with van der Waals surface area (Å²) >= 11 is 6.54. The van der Waals surface area contributed by atoms with E-state index < -0.39 is 5.91 Å². The standard InChI is InChI=1S/C30H25ClN2O4/c1-3-36-25-13-11-24(12-14-25)33-30(34)23(18-32)15-20-16-27(31)29(28(17-20)35-2)37-19-22-9-6-8-21-7-4-5-10-26(21)22/h4-17H,3,19H2,1-2H3,(H,33,34). The van der Waals surface area contributed by atoms with E-state index in [1.165, 1.54) is 13.2 Å². The molecule has 7 heteroatoms. The maximum absolute atomic E-state index is 12.7. The fourth-order valence-corrected chi connectivity index (χ4v) is 4.12. The summed E-state index contributed by atoms with van der Waals surface area (Å²) in [7, 11) is 1.51. The second kappa shape index (κ2) is 12.0. The molecular weight excluding hydrogens is 488 g/mol. The first-order chi connectivity index (χ1) is 18.0. The van der Waals surface area contributed by atoms with E-state index in [-0.39, 0.29) is 5.57 Å². The summed E-state index contributed by atoms with van der Waals surface area (Å²) in [6.45, 7) is 2.73. The molecule has 0 aliphatic heterocycles. The predicted molar refractivity (Wildman–Crippen MR) is 146 cm³/mol. The number of nitrogens with one attached hydrogen (secondary N) is 1. The fourth-order valence-electron chi connectivity index (χ4n) is 3.85. The molecule has 0 saturated heterocycles. The molecule has 1 amide bonds. The van der Waals surface area contributed by atoms with Gasteiger partial charge in [0, 0.05) is 5.69 Å². The normalized spacial score (nSPS) is 11.0. The molecule has 0 saturated carbocycles. The number of fused-ring (bicyclic) bond motifs is 1. The van der Waals surface area contributed by atoms with Crippen LogP contribution in [-0.4, -0.2) is 19.6 Å². The SMILES string of the molecule is CCOc1ccc(NC(=O)C(C#N)=Cc2cc(Cl)c(OCc3cccc4ccccc34)c(OC)c2)cc1. The number of benzene rings is 4. The summed E-state index contributed by atoms with van der Waals surface area (Å²) < 4.78 is 17.0. The van der Waals surface area contributed by atoms with Crippen LogP contribution >= 0.6 is 11.6 Å². The van der Waals surface area contributed by atoms with Crippen molar-refractivity contribution in [2.75, 3.05) is 19.0 Å². The Morgan fingerprint density at radius 3 is 2.51 bits per heavy atom. The van der Waals surface area contributed by atoms with Crippen LogP contribution in [0.3, 0.4) is 0 Å². The minimum absolute atomic E-state index is 0.0866. The summed E-state index contributed by atoms with van der Waals surface area (Å²) in [6, 6.07) is 26.3. The maximum Gasteiger partial charge on any atom is 0.266 e. The minimum Gasteiger partial charge on any atom is -0.494 e. The Labute approximate surface area is 220 Å². The van der Waals surface area contributed by atoms with Crippen molar-refractivity contribution >= 4 is 40.0 Å². The van der Waals surface area contributed by atoms with Gasteiger partial charge in [-0.05, 0) is 71.3 Å². The van der Waals surface area contributed by atoms with Gasteiger partial charge in [-0.1, -0.05) is 54.1 Å². The average Bonchev–Trinajstić information content (AvgIpc) is 2.92. The molecule has 37 heavy (non-hydrogen) atoms. The zero-order valence-corrected chi connectivity index (χ0v) is 21.2. The fraction of sp³-hybridized carbons (Fsp3) is 0.133. The van der Waals surface area contributed by atoms with E-state index in [0.717, 1.165) is 16.3 Å². The highest BCUT2D eigenvalue weighted by atomic mass is 35.5. The minimum atomic E-state index is -0.543. The van der Waals surface area contributed by atoms with Crippen molar-refractivity contribution in [1.29, 1.82) is 5.26 Å². The third-order valence-corrected chi connectivity index (χ3v) is 5.88. The van der Waals surface area contributed by atoms with E-state index in [4.69, 9.17) is 25.8 Å². The van der Waals surface area contributed by atoms with Crippen LogP contribution < -0.4 is 19.5 Å². The van der Waals surface area contributed by atoms with E-state index in [0.29, 0.717) is 46.7 Å². The number of ether oxygens (including phenoxy) is 3. The Morgan fingerprint density at radius 2 is 1.78 bits per heavy atom. The highest BCUT2D eigenvalue weighted by Gasteiger charge is 2.15. The van der Waals surface area contributed by atoms with E-state index in [1.54, 1.807) is 36.4 Å². The molecule has 0 fully saturated rings. The lowest BCUT2D eigenvalue weighted by atomic mass is 10.1. The molecular formula is C30H25ClN2O4. The number of hydrogen-bond donors (Lipinski definition) is 1. The highest BCUT2D eigenvalue weighted by Crippen LogP contribution is 2.38. The number of carbonyl (C=O) groups excluding carboxylic acids is 1. The van der Waals surface area contributed by atoms with Gasteiger partial charge in [0.05, 0.1) is 18.7 Å². The average molecular weight is 513 g/mol. The van der Waals surface area contributed by atoms with E-state index in [1.807, 2.05) is 55.5 Å². The summed E-state index contributed by atoms with van der Waals surface area (Å²) in [6.07, 6.45) is 1.45. The zero-order valence-electron chi connectivity index (χ0n) is 20.5. The lowest BCUT2D eigenvalue weighted by Gasteiger charge is -2.14. The Balaban J connectivity index is 1.53. The molecule has 4 aromatic rings. The topological polar surface area (TPSA) is 80.6 Å². The van der Waals surface area contributed by atoms with Crippen LogP contribution in [0.4, 0.5) is 5.69 Å². The van der Waals surface area contributed by atoms with Crippen molar-refractivity contribution in [3.63, 3.8) is 0 Å². The number of nitriles is 1. The summed E-state index contributed by atoms with van der Waals surface area (Å²) in [5, 5.41) is 14.8. The van der Waals surface area contributed by atoms with Crippen LogP contribution in [0.2, 0.25) is 5.02 Å². The first-order valence-electron chi connectivity index (χ1n) is 11.7. The molecule has 0 spiro atoms. The van der Waals surface area contributed by atoms with Gasteiger partial charge < -0.3 is 19.5 Å². The summed E-state index contributed by atoms with van der Waals surface area (Å²) in [5.74, 6) is 0.925. The van der Waals surface area contributed by atoms with Crippen molar-refractivity contribution in [1.82, 2.24) is 0 Å². The van der Waals surface area contributed by atoms with Crippen LogP contribution in [0.5, 0.6) is 17.2 Å². The van der Waals surface area contributed by atoms with Crippen LogP contribution in [0.15, 0.2) is 84.4 Å². The molecule has 0 aliphatic carbocycles. The number of anilines is 1. The molecule has 0 radical (unpaired) electrons. The van der Waals surface area contributed by atoms with Gasteiger partial charge in [0.1, 0.15) is 24.0 Å². The number of methoxy groups -OCH3 is 1. The number of rotatable bonds is 9. The molecule has 0 heterocycles. The third kappa shape index (κ3) is 6.21. The molecule has 0 unspecified atom stereocenters. The molecule has 186 valence electrons. The molecule has 4 rings (SSSR count). The molecule has 6 nitrogen and oxygen atoms in total. The summed E-state index contributed by atoms with van der Waals surface area (Å²) in [4.78, 5) is 12.7. The second-order valence-electron chi connectivity index (χ2n) is 8.04. The molecule has 4 aromatic carbocycles. The van der Waals surface area contributed by atoms with Crippen molar-refractivity contribution in [3.05, 3.63) is 101 Å². The van der Waals surface area contributed by atoms with Gasteiger partial charge in [0.2, 0.25) is 0 Å². The van der Waals surface area contributed by atoms with Crippen molar-refractivity contribution < 1.29 is 19.0 Å². The van der Waals surface area contributed by atoms with Crippen LogP contribution in [0.25, 0.3) is 16.8 Å². The van der Waals surface area contributed by atoms with E-state index in [2.05, 4.69) is 5.32 Å². The van der Waals surface area contributed by atoms with E-state index >= 15 is 0 Å². The van der Waals surface area contributed by atoms with Crippen LogP contribution in [0, 0.1) is 11.3 Å². The number of nitrogens with zero attached hydrogens (tertiary/aromatic N) is 1. The highest BCUT2D eigenvalue weighted by molar-refractivity contribution is 6.32. The van der Waals surface area contributed by atoms with Gasteiger partial charge in [-0.15, -0.1) is 0 Å². The lowest BCUT2D eigenvalue weighted by molar-refractivity contribution is -0.112. The van der Waals surface area contributed by atoms with Gasteiger partial charge in [-0.2, -0.15) is 5.26 Å². The van der Waals surface area contributed by atoms with Crippen molar-refractivity contribution in [3.8, 4) is 23.3 Å². The molecule has 1 N–H and O–H groups in total. The van der Waals surface area contributed by atoms with Gasteiger partial charge in [-0.25, -0.2) is 0 Å². The van der Waals surface area contributed by atoms with Crippen molar-refractivity contribution in [2.45, 2.75) is 13.5 Å². The molecule has 0 atom stereocenters. The molecule has 0 aliphatic rings. The van der Waals surface area contributed by atoms with Crippen LogP contribution in [-0.2, 0) is 11.4 Å². The van der Waals surface area contributed by atoms with Gasteiger partial charge >= 0.3 is 0 Å². The third-order valence-electron chi connectivity index (χ3n) is 5.60. The van der Waals surface area contributed by atoms with Gasteiger partial charge in [0.25, 0.3) is 5.91 Å². The Bertz CT molecular complexity index is 1480. The number of amides is 1. The lowest BCUT2D eigenvalue weighted by Crippen LogP contribution is -2.13. The van der Waals surface area contributed by atoms with Crippen molar-refractivity contribution in [2.24, 2.45) is 0 Å². The second-order valence-corrected chi connectivity index (χ2v) is 8.45. The van der Waals surface area contributed by atoms with Gasteiger partial charge in [0.15, 0.2) is 11.5 Å². The smallest absolute Gasteiger partial charge is 0.266 e. The first-order valence-corrected chi connectivity index (χ1v) is 12.0. The first kappa shape index (κ1) is 25.6. The van der Waals surface area contributed by atoms with Crippen LogP contribution in [0.1, 0.15) is 18.1 Å². The number of carbonyl (C=O) groups is 1. The largest absolute Gasteiger partial charge is 0.494 e. The predicted octanol–water partition coefficient (Wildman–Crippen LogP) is 7.03. The number of hydrogen-bond acceptors (Lipinski definition) is 5. The molecule has 0 bridgehead atoms. The Morgan fingerprint density at radius 1 is 1.03 bits per heavy atom. The molecule has 0 aromatic heterocycles.